The third-order valence-corrected chi connectivity index (χ3v) is 3.95. The van der Waals surface area contributed by atoms with Gasteiger partial charge in [-0.15, -0.1) is 0 Å². The van der Waals surface area contributed by atoms with Crippen LogP contribution >= 0.6 is 0 Å². The summed E-state index contributed by atoms with van der Waals surface area (Å²) >= 11 is 0. The number of nitrogens with zero attached hydrogens (tertiary/aromatic N) is 2. The van der Waals surface area contributed by atoms with Gasteiger partial charge in [-0.05, 0) is 30.5 Å². The fraction of sp³-hybridized carbons (Fsp3) is 0.438. The Hall–Kier alpha value is -1.81. The molecule has 1 aromatic carbocycles. The Morgan fingerprint density at radius 1 is 1.40 bits per heavy atom. The Bertz CT molecular complexity index is 620. The van der Waals surface area contributed by atoms with Gasteiger partial charge in [0.1, 0.15) is 12.4 Å². The van der Waals surface area contributed by atoms with Crippen molar-refractivity contribution in [2.75, 3.05) is 6.61 Å². The molecule has 1 aliphatic heterocycles. The summed E-state index contributed by atoms with van der Waals surface area (Å²) in [6.07, 6.45) is 2.57. The predicted octanol–water partition coefficient (Wildman–Crippen LogP) is 1.86. The second-order valence-electron chi connectivity index (χ2n) is 5.72. The highest BCUT2D eigenvalue weighted by atomic mass is 16.5. The van der Waals surface area contributed by atoms with E-state index in [4.69, 9.17) is 10.5 Å². The van der Waals surface area contributed by atoms with Crippen molar-refractivity contribution in [1.82, 2.24) is 9.78 Å². The van der Waals surface area contributed by atoms with Crippen molar-refractivity contribution >= 4 is 0 Å². The maximum Gasteiger partial charge on any atom is 0.122 e. The quantitative estimate of drug-likeness (QED) is 0.927. The van der Waals surface area contributed by atoms with E-state index in [9.17, 15) is 0 Å². The van der Waals surface area contributed by atoms with Crippen molar-refractivity contribution in [3.63, 3.8) is 0 Å². The van der Waals surface area contributed by atoms with Crippen LogP contribution in [0.3, 0.4) is 0 Å². The van der Waals surface area contributed by atoms with E-state index in [2.05, 4.69) is 24.2 Å². The van der Waals surface area contributed by atoms with Crippen molar-refractivity contribution < 1.29 is 4.74 Å². The highest BCUT2D eigenvalue weighted by Crippen LogP contribution is 2.29. The molecule has 0 bridgehead atoms. The Morgan fingerprint density at radius 3 is 2.95 bits per heavy atom. The van der Waals surface area contributed by atoms with Gasteiger partial charge < -0.3 is 10.5 Å². The Kier molecular flexibility index (Phi) is 3.26. The molecule has 20 heavy (non-hydrogen) atoms. The van der Waals surface area contributed by atoms with Gasteiger partial charge in [-0.1, -0.05) is 25.1 Å². The van der Waals surface area contributed by atoms with Gasteiger partial charge in [0, 0.05) is 19.2 Å². The Balaban J connectivity index is 1.82. The van der Waals surface area contributed by atoms with Crippen molar-refractivity contribution in [3.8, 4) is 5.75 Å². The summed E-state index contributed by atoms with van der Waals surface area (Å²) in [5.74, 6) is 0.966. The summed E-state index contributed by atoms with van der Waals surface area (Å²) in [4.78, 5) is 0. The number of para-hydroxylation sites is 1. The van der Waals surface area contributed by atoms with Crippen LogP contribution in [-0.4, -0.2) is 21.9 Å². The molecule has 0 saturated carbocycles. The summed E-state index contributed by atoms with van der Waals surface area (Å²) in [6, 6.07) is 10.3. The topological polar surface area (TPSA) is 53.1 Å². The minimum atomic E-state index is -0.354. The first-order valence-electron chi connectivity index (χ1n) is 7.11. The van der Waals surface area contributed by atoms with E-state index in [0.29, 0.717) is 6.61 Å². The lowest BCUT2D eigenvalue weighted by molar-refractivity contribution is 0.188. The van der Waals surface area contributed by atoms with E-state index in [1.165, 1.54) is 11.3 Å². The first kappa shape index (κ1) is 13.2. The van der Waals surface area contributed by atoms with E-state index < -0.39 is 0 Å². The number of fused-ring (bicyclic) bond motifs is 1. The number of benzene rings is 1. The van der Waals surface area contributed by atoms with Crippen LogP contribution in [-0.2, 0) is 26.3 Å². The maximum absolute atomic E-state index is 6.56. The zero-order valence-electron chi connectivity index (χ0n) is 12.1. The second-order valence-corrected chi connectivity index (χ2v) is 5.72. The SMILES string of the molecule is CCc1cc(CC2(N)COc3ccccc3C2)n(C)n1. The van der Waals surface area contributed by atoms with E-state index in [1.807, 2.05) is 29.9 Å². The Labute approximate surface area is 119 Å². The van der Waals surface area contributed by atoms with Crippen LogP contribution in [0.25, 0.3) is 0 Å². The van der Waals surface area contributed by atoms with Gasteiger partial charge in [-0.25, -0.2) is 0 Å². The van der Waals surface area contributed by atoms with Crippen LogP contribution in [0.5, 0.6) is 5.75 Å². The molecule has 0 saturated heterocycles. The fourth-order valence-electron chi connectivity index (χ4n) is 2.83. The van der Waals surface area contributed by atoms with E-state index >= 15 is 0 Å². The van der Waals surface area contributed by atoms with Gasteiger partial charge >= 0.3 is 0 Å². The molecule has 106 valence electrons. The molecule has 2 N–H and O–H groups in total. The fourth-order valence-corrected chi connectivity index (χ4v) is 2.83. The number of rotatable bonds is 3. The number of nitrogens with two attached hydrogens (primary N) is 1. The monoisotopic (exact) mass is 271 g/mol. The molecule has 1 aliphatic rings. The molecule has 0 fully saturated rings. The van der Waals surface area contributed by atoms with Gasteiger partial charge in [-0.3, -0.25) is 4.68 Å². The normalized spacial score (nSPS) is 21.4. The molecule has 1 unspecified atom stereocenters. The number of ether oxygens (including phenoxy) is 1. The molecule has 4 heteroatoms. The van der Waals surface area contributed by atoms with Crippen LogP contribution in [0.15, 0.2) is 30.3 Å². The molecule has 0 aliphatic carbocycles. The molecule has 1 atom stereocenters. The lowest BCUT2D eigenvalue weighted by atomic mass is 9.86. The molecular weight excluding hydrogens is 250 g/mol. The van der Waals surface area contributed by atoms with Crippen molar-refractivity contribution in [1.29, 1.82) is 0 Å². The second kappa shape index (κ2) is 4.94. The number of aromatic nitrogens is 2. The van der Waals surface area contributed by atoms with E-state index in [0.717, 1.165) is 30.7 Å². The smallest absolute Gasteiger partial charge is 0.122 e. The first-order chi connectivity index (χ1) is 9.59. The van der Waals surface area contributed by atoms with E-state index in [1.54, 1.807) is 0 Å². The minimum absolute atomic E-state index is 0.354. The molecule has 2 heterocycles. The maximum atomic E-state index is 6.56. The third-order valence-electron chi connectivity index (χ3n) is 3.95. The van der Waals surface area contributed by atoms with Gasteiger partial charge in [-0.2, -0.15) is 5.10 Å². The van der Waals surface area contributed by atoms with Crippen molar-refractivity contribution in [3.05, 3.63) is 47.3 Å². The lowest BCUT2D eigenvalue weighted by Gasteiger charge is -2.34. The summed E-state index contributed by atoms with van der Waals surface area (Å²) in [6.45, 7) is 2.67. The van der Waals surface area contributed by atoms with Gasteiger partial charge in [0.05, 0.1) is 11.2 Å². The van der Waals surface area contributed by atoms with Crippen LogP contribution in [0.2, 0.25) is 0 Å². The number of hydrogen-bond donors (Lipinski definition) is 1. The molecule has 0 spiro atoms. The largest absolute Gasteiger partial charge is 0.491 e. The van der Waals surface area contributed by atoms with Crippen LogP contribution in [0, 0.1) is 0 Å². The zero-order chi connectivity index (χ0) is 14.2. The highest BCUT2D eigenvalue weighted by Gasteiger charge is 2.33. The third kappa shape index (κ3) is 2.43. The molecule has 1 aromatic heterocycles. The number of aryl methyl sites for hydroxylation is 2. The van der Waals surface area contributed by atoms with Gasteiger partial charge in [0.2, 0.25) is 0 Å². The van der Waals surface area contributed by atoms with Crippen LogP contribution in [0.1, 0.15) is 23.9 Å². The van der Waals surface area contributed by atoms with Gasteiger partial charge in [0.25, 0.3) is 0 Å². The average molecular weight is 271 g/mol. The summed E-state index contributed by atoms with van der Waals surface area (Å²) < 4.78 is 7.77. The number of hydrogen-bond acceptors (Lipinski definition) is 3. The average Bonchev–Trinajstić information content (AvgIpc) is 2.78. The summed E-state index contributed by atoms with van der Waals surface area (Å²) in [5.41, 5.74) is 9.69. The predicted molar refractivity (Wildman–Crippen MR) is 78.8 cm³/mol. The van der Waals surface area contributed by atoms with Crippen LogP contribution < -0.4 is 10.5 Å². The molecule has 3 rings (SSSR count). The highest BCUT2D eigenvalue weighted by molar-refractivity contribution is 5.37. The van der Waals surface area contributed by atoms with Gasteiger partial charge in [0.15, 0.2) is 0 Å². The molecular formula is C16H21N3O. The zero-order valence-corrected chi connectivity index (χ0v) is 12.1. The molecule has 2 aromatic rings. The summed E-state index contributed by atoms with van der Waals surface area (Å²) in [5, 5.41) is 4.49. The lowest BCUT2D eigenvalue weighted by Crippen LogP contribution is -2.52. The summed E-state index contributed by atoms with van der Waals surface area (Å²) in [7, 11) is 1.98. The van der Waals surface area contributed by atoms with Crippen LogP contribution in [0.4, 0.5) is 0 Å². The van der Waals surface area contributed by atoms with Crippen molar-refractivity contribution in [2.45, 2.75) is 31.7 Å². The molecule has 0 radical (unpaired) electrons. The molecule has 0 amide bonds. The molecule has 4 nitrogen and oxygen atoms in total. The Morgan fingerprint density at radius 2 is 2.20 bits per heavy atom. The first-order valence-corrected chi connectivity index (χ1v) is 7.11. The van der Waals surface area contributed by atoms with Crippen molar-refractivity contribution in [2.24, 2.45) is 12.8 Å². The standard InChI is InChI=1S/C16H21N3O/c1-3-13-8-14(19(2)18-13)10-16(17)9-12-6-4-5-7-15(12)20-11-16/h4-8H,3,9-11,17H2,1-2H3. The van der Waals surface area contributed by atoms with E-state index in [-0.39, 0.29) is 5.54 Å². The minimum Gasteiger partial charge on any atom is -0.491 e.